The summed E-state index contributed by atoms with van der Waals surface area (Å²) in [5.41, 5.74) is 2.17. The van der Waals surface area contributed by atoms with Gasteiger partial charge in [0.2, 0.25) is 0 Å². The van der Waals surface area contributed by atoms with E-state index in [9.17, 15) is 0 Å². The van der Waals surface area contributed by atoms with Crippen molar-refractivity contribution in [1.82, 2.24) is 19.9 Å². The first-order valence-electron chi connectivity index (χ1n) is 5.24. The summed E-state index contributed by atoms with van der Waals surface area (Å²) < 4.78 is 1.99. The number of thiazole rings is 1. The maximum absolute atomic E-state index is 4.60. The second kappa shape index (κ2) is 4.35. The number of rotatable bonds is 3. The van der Waals surface area contributed by atoms with E-state index in [2.05, 4.69) is 29.1 Å². The van der Waals surface area contributed by atoms with Crippen molar-refractivity contribution in [2.24, 2.45) is 7.05 Å². The molecule has 0 aliphatic heterocycles. The van der Waals surface area contributed by atoms with Crippen LogP contribution in [0.15, 0.2) is 12.5 Å². The van der Waals surface area contributed by atoms with Crippen LogP contribution in [0.5, 0.6) is 0 Å². The minimum atomic E-state index is 0.347. The minimum absolute atomic E-state index is 0.347. The molecule has 0 fully saturated rings. The van der Waals surface area contributed by atoms with E-state index >= 15 is 0 Å². The molecular weight excluding hydrogens is 220 g/mol. The van der Waals surface area contributed by atoms with Crippen molar-refractivity contribution >= 4 is 11.3 Å². The van der Waals surface area contributed by atoms with Crippen LogP contribution in [0.1, 0.15) is 23.5 Å². The Labute approximate surface area is 99.4 Å². The van der Waals surface area contributed by atoms with Crippen LogP contribution in [0.3, 0.4) is 0 Å². The topological polar surface area (TPSA) is 42.7 Å². The molecule has 1 atom stereocenters. The molecule has 0 aromatic carbocycles. The number of hydrogen-bond acceptors (Lipinski definition) is 4. The highest BCUT2D eigenvalue weighted by Gasteiger charge is 2.15. The van der Waals surface area contributed by atoms with Gasteiger partial charge in [0.05, 0.1) is 23.9 Å². The third-order valence-corrected chi connectivity index (χ3v) is 4.06. The highest BCUT2D eigenvalue weighted by Crippen LogP contribution is 2.30. The molecule has 2 rings (SSSR count). The first-order valence-corrected chi connectivity index (χ1v) is 6.06. The highest BCUT2D eigenvalue weighted by molar-refractivity contribution is 7.15. The quantitative estimate of drug-likeness (QED) is 0.887. The van der Waals surface area contributed by atoms with Gasteiger partial charge < -0.3 is 9.88 Å². The predicted octanol–water partition coefficient (Wildman–Crippen LogP) is 2.13. The third-order valence-electron chi connectivity index (χ3n) is 2.69. The van der Waals surface area contributed by atoms with Crippen LogP contribution in [0, 0.1) is 6.92 Å². The van der Waals surface area contributed by atoms with Gasteiger partial charge in [-0.25, -0.2) is 9.97 Å². The Hall–Kier alpha value is -1.20. The van der Waals surface area contributed by atoms with Crippen LogP contribution in [0.25, 0.3) is 10.7 Å². The lowest BCUT2D eigenvalue weighted by Crippen LogP contribution is -2.11. The lowest BCUT2D eigenvalue weighted by atomic mass is 10.2. The van der Waals surface area contributed by atoms with Gasteiger partial charge in [-0.3, -0.25) is 0 Å². The van der Waals surface area contributed by atoms with E-state index in [1.165, 1.54) is 4.88 Å². The van der Waals surface area contributed by atoms with Gasteiger partial charge in [-0.15, -0.1) is 11.3 Å². The molecule has 1 unspecified atom stereocenters. The molecule has 0 saturated heterocycles. The number of imidazole rings is 1. The maximum atomic E-state index is 4.60. The lowest BCUT2D eigenvalue weighted by molar-refractivity contribution is 0.658. The average Bonchev–Trinajstić information content (AvgIpc) is 2.83. The van der Waals surface area contributed by atoms with Crippen LogP contribution in [0.4, 0.5) is 0 Å². The van der Waals surface area contributed by atoms with E-state index in [4.69, 9.17) is 0 Å². The zero-order valence-corrected chi connectivity index (χ0v) is 10.8. The number of aromatic nitrogens is 3. The molecule has 0 amide bonds. The zero-order chi connectivity index (χ0) is 11.7. The van der Waals surface area contributed by atoms with E-state index in [1.54, 1.807) is 17.7 Å². The maximum Gasteiger partial charge on any atom is 0.142 e. The van der Waals surface area contributed by atoms with E-state index < -0.39 is 0 Å². The Morgan fingerprint density at radius 3 is 2.81 bits per heavy atom. The third kappa shape index (κ3) is 1.88. The van der Waals surface area contributed by atoms with Gasteiger partial charge >= 0.3 is 0 Å². The Bertz CT molecular complexity index is 486. The van der Waals surface area contributed by atoms with Crippen molar-refractivity contribution in [2.75, 3.05) is 7.05 Å². The largest absolute Gasteiger partial charge is 0.332 e. The van der Waals surface area contributed by atoms with Gasteiger partial charge in [0.1, 0.15) is 5.01 Å². The summed E-state index contributed by atoms with van der Waals surface area (Å²) in [5.74, 6) is 0. The van der Waals surface area contributed by atoms with Gasteiger partial charge in [-0.2, -0.15) is 0 Å². The van der Waals surface area contributed by atoms with E-state index in [0.29, 0.717) is 6.04 Å². The van der Waals surface area contributed by atoms with Crippen LogP contribution in [0.2, 0.25) is 0 Å². The molecule has 0 aliphatic rings. The molecule has 16 heavy (non-hydrogen) atoms. The molecule has 0 saturated carbocycles. The molecule has 2 aromatic rings. The highest BCUT2D eigenvalue weighted by atomic mass is 32.1. The Morgan fingerprint density at radius 2 is 2.25 bits per heavy atom. The van der Waals surface area contributed by atoms with Gasteiger partial charge in [0.15, 0.2) is 0 Å². The van der Waals surface area contributed by atoms with E-state index in [1.807, 2.05) is 24.9 Å². The van der Waals surface area contributed by atoms with Gasteiger partial charge in [0.25, 0.3) is 0 Å². The second-order valence-electron chi connectivity index (χ2n) is 3.87. The van der Waals surface area contributed by atoms with E-state index in [-0.39, 0.29) is 0 Å². The Kier molecular flexibility index (Phi) is 3.07. The van der Waals surface area contributed by atoms with Gasteiger partial charge in [0, 0.05) is 18.0 Å². The SMILES string of the molecule is CNC(C)c1sc(-c2cncn2C)nc1C. The smallest absolute Gasteiger partial charge is 0.142 e. The van der Waals surface area contributed by atoms with Gasteiger partial charge in [-0.05, 0) is 20.9 Å². The summed E-state index contributed by atoms with van der Waals surface area (Å²) in [6.07, 6.45) is 3.65. The summed E-state index contributed by atoms with van der Waals surface area (Å²) >= 11 is 1.73. The average molecular weight is 236 g/mol. The molecule has 4 nitrogen and oxygen atoms in total. The summed E-state index contributed by atoms with van der Waals surface area (Å²) in [4.78, 5) is 10.0. The molecule has 0 spiro atoms. The summed E-state index contributed by atoms with van der Waals surface area (Å²) in [6, 6.07) is 0.347. The Morgan fingerprint density at radius 1 is 1.50 bits per heavy atom. The summed E-state index contributed by atoms with van der Waals surface area (Å²) in [6.45, 7) is 4.20. The fourth-order valence-corrected chi connectivity index (χ4v) is 2.79. The molecule has 2 heterocycles. The molecule has 2 aromatic heterocycles. The monoisotopic (exact) mass is 236 g/mol. The molecular formula is C11H16N4S. The van der Waals surface area contributed by atoms with Crippen LogP contribution in [-0.2, 0) is 7.05 Å². The van der Waals surface area contributed by atoms with Crippen molar-refractivity contribution in [2.45, 2.75) is 19.9 Å². The summed E-state index contributed by atoms with van der Waals surface area (Å²) in [5, 5.41) is 4.28. The molecule has 5 heteroatoms. The van der Waals surface area contributed by atoms with Gasteiger partial charge in [-0.1, -0.05) is 0 Å². The number of hydrogen-bond donors (Lipinski definition) is 1. The Balaban J connectivity index is 2.42. The lowest BCUT2D eigenvalue weighted by Gasteiger charge is -2.06. The fourth-order valence-electron chi connectivity index (χ4n) is 1.61. The van der Waals surface area contributed by atoms with Crippen LogP contribution < -0.4 is 5.32 Å². The van der Waals surface area contributed by atoms with Crippen molar-refractivity contribution in [1.29, 1.82) is 0 Å². The first kappa shape index (κ1) is 11.3. The first-order chi connectivity index (χ1) is 7.63. The molecule has 0 bridgehead atoms. The number of nitrogens with zero attached hydrogens (tertiary/aromatic N) is 3. The van der Waals surface area contributed by atoms with E-state index in [0.717, 1.165) is 16.4 Å². The van der Waals surface area contributed by atoms with Crippen LogP contribution in [-0.4, -0.2) is 21.6 Å². The molecule has 0 aliphatic carbocycles. The minimum Gasteiger partial charge on any atom is -0.332 e. The zero-order valence-electron chi connectivity index (χ0n) is 9.98. The molecule has 86 valence electrons. The fraction of sp³-hybridized carbons (Fsp3) is 0.455. The van der Waals surface area contributed by atoms with Crippen molar-refractivity contribution in [3.63, 3.8) is 0 Å². The van der Waals surface area contributed by atoms with Crippen molar-refractivity contribution < 1.29 is 0 Å². The standard InChI is InChI=1S/C11H16N4S/c1-7(12-3)10-8(2)14-11(16-10)9-5-13-6-15(9)4/h5-7,12H,1-4H3. The summed E-state index contributed by atoms with van der Waals surface area (Å²) in [7, 11) is 3.95. The number of aryl methyl sites for hydroxylation is 2. The number of nitrogens with one attached hydrogen (secondary N) is 1. The molecule has 1 N–H and O–H groups in total. The second-order valence-corrected chi connectivity index (χ2v) is 4.90. The molecule has 0 radical (unpaired) electrons. The van der Waals surface area contributed by atoms with Crippen molar-refractivity contribution in [3.8, 4) is 10.7 Å². The predicted molar refractivity (Wildman–Crippen MR) is 66.5 cm³/mol. The van der Waals surface area contributed by atoms with Crippen molar-refractivity contribution in [3.05, 3.63) is 23.1 Å². The normalized spacial score (nSPS) is 13.0. The van der Waals surface area contributed by atoms with Crippen LogP contribution >= 0.6 is 11.3 Å².